The molecule has 0 N–H and O–H groups in total. The molecule has 0 amide bonds. The Morgan fingerprint density at radius 1 is 0.679 bits per heavy atom. The zero-order valence-corrected chi connectivity index (χ0v) is 17.2. The Labute approximate surface area is 170 Å². The SMILES string of the molecule is c1ccc2c(c1)CCc1ccccc1C2CN1CCC(N2CCCCC2)CC1. The van der Waals surface area contributed by atoms with Gasteiger partial charge in [0.1, 0.15) is 0 Å². The van der Waals surface area contributed by atoms with Crippen molar-refractivity contribution >= 4 is 0 Å². The molecule has 2 aromatic rings. The van der Waals surface area contributed by atoms with Crippen molar-refractivity contribution in [2.75, 3.05) is 32.7 Å². The van der Waals surface area contributed by atoms with Crippen LogP contribution in [0.2, 0.25) is 0 Å². The van der Waals surface area contributed by atoms with Crippen LogP contribution in [0, 0.1) is 0 Å². The van der Waals surface area contributed by atoms with Gasteiger partial charge in [-0.1, -0.05) is 55.0 Å². The minimum Gasteiger partial charge on any atom is -0.302 e. The summed E-state index contributed by atoms with van der Waals surface area (Å²) in [5, 5.41) is 0. The number of nitrogens with zero attached hydrogens (tertiary/aromatic N) is 2. The van der Waals surface area contributed by atoms with Gasteiger partial charge in [0.05, 0.1) is 0 Å². The van der Waals surface area contributed by atoms with Crippen molar-refractivity contribution < 1.29 is 0 Å². The van der Waals surface area contributed by atoms with E-state index in [-0.39, 0.29) is 0 Å². The molecule has 148 valence electrons. The maximum absolute atomic E-state index is 2.79. The van der Waals surface area contributed by atoms with E-state index in [9.17, 15) is 0 Å². The van der Waals surface area contributed by atoms with Crippen molar-refractivity contribution in [2.45, 2.75) is 56.9 Å². The van der Waals surface area contributed by atoms with Crippen molar-refractivity contribution in [2.24, 2.45) is 0 Å². The van der Waals surface area contributed by atoms with Crippen molar-refractivity contribution in [3.8, 4) is 0 Å². The number of benzene rings is 2. The third-order valence-corrected chi connectivity index (χ3v) is 7.43. The second-order valence-corrected chi connectivity index (χ2v) is 9.08. The van der Waals surface area contributed by atoms with Gasteiger partial charge >= 0.3 is 0 Å². The van der Waals surface area contributed by atoms with Crippen LogP contribution in [-0.4, -0.2) is 48.6 Å². The van der Waals surface area contributed by atoms with E-state index in [4.69, 9.17) is 0 Å². The molecule has 0 unspecified atom stereocenters. The Hall–Kier alpha value is -1.64. The first-order valence-corrected chi connectivity index (χ1v) is 11.5. The zero-order valence-electron chi connectivity index (χ0n) is 17.2. The quantitative estimate of drug-likeness (QED) is 0.756. The van der Waals surface area contributed by atoms with E-state index in [0.717, 1.165) is 6.04 Å². The van der Waals surface area contributed by atoms with E-state index in [0.29, 0.717) is 5.92 Å². The van der Waals surface area contributed by atoms with Gasteiger partial charge in [-0.15, -0.1) is 0 Å². The summed E-state index contributed by atoms with van der Waals surface area (Å²) in [7, 11) is 0. The molecular weight excluding hydrogens is 340 g/mol. The number of likely N-dealkylation sites (tertiary alicyclic amines) is 2. The predicted octanol–water partition coefficient (Wildman–Crippen LogP) is 4.87. The first-order valence-electron chi connectivity index (χ1n) is 11.5. The van der Waals surface area contributed by atoms with E-state index in [1.54, 1.807) is 22.3 Å². The van der Waals surface area contributed by atoms with Crippen LogP contribution in [-0.2, 0) is 12.8 Å². The van der Waals surface area contributed by atoms with E-state index in [1.165, 1.54) is 77.7 Å². The van der Waals surface area contributed by atoms with Crippen molar-refractivity contribution in [1.29, 1.82) is 0 Å². The third kappa shape index (κ3) is 3.77. The van der Waals surface area contributed by atoms with Gasteiger partial charge in [-0.3, -0.25) is 0 Å². The van der Waals surface area contributed by atoms with Crippen LogP contribution in [0.1, 0.15) is 60.3 Å². The lowest BCUT2D eigenvalue weighted by Gasteiger charge is -2.41. The predicted molar refractivity (Wildman–Crippen MR) is 117 cm³/mol. The van der Waals surface area contributed by atoms with Crippen LogP contribution in [0.5, 0.6) is 0 Å². The summed E-state index contributed by atoms with van der Waals surface area (Å²) >= 11 is 0. The summed E-state index contributed by atoms with van der Waals surface area (Å²) in [4.78, 5) is 5.54. The van der Waals surface area contributed by atoms with Crippen molar-refractivity contribution in [3.63, 3.8) is 0 Å². The van der Waals surface area contributed by atoms with Gasteiger partial charge in [0.2, 0.25) is 0 Å². The second kappa shape index (κ2) is 8.39. The Bertz CT molecular complexity index is 737. The highest BCUT2D eigenvalue weighted by atomic mass is 15.2. The minimum atomic E-state index is 0.529. The third-order valence-electron chi connectivity index (χ3n) is 7.43. The molecule has 0 saturated carbocycles. The number of hydrogen-bond donors (Lipinski definition) is 0. The molecule has 1 aliphatic carbocycles. The molecule has 0 radical (unpaired) electrons. The number of piperidine rings is 2. The van der Waals surface area contributed by atoms with E-state index >= 15 is 0 Å². The van der Waals surface area contributed by atoms with Crippen LogP contribution in [0.25, 0.3) is 0 Å². The molecule has 0 spiro atoms. The van der Waals surface area contributed by atoms with Crippen LogP contribution < -0.4 is 0 Å². The summed E-state index contributed by atoms with van der Waals surface area (Å²) in [5.41, 5.74) is 6.27. The highest BCUT2D eigenvalue weighted by molar-refractivity contribution is 5.45. The molecule has 2 fully saturated rings. The topological polar surface area (TPSA) is 6.48 Å². The normalized spacial score (nSPS) is 22.4. The Balaban J connectivity index is 1.32. The number of aryl methyl sites for hydroxylation is 2. The van der Waals surface area contributed by atoms with Gasteiger partial charge in [0.15, 0.2) is 0 Å². The van der Waals surface area contributed by atoms with Gasteiger partial charge in [-0.05, 0) is 87.0 Å². The average Bonchev–Trinajstić information content (AvgIpc) is 2.93. The first-order chi connectivity index (χ1) is 13.9. The first kappa shape index (κ1) is 18.4. The standard InChI is InChI=1S/C26H34N2/c1-6-16-28(17-7-1)23-14-18-27(19-15-23)20-26-24-10-4-2-8-21(24)12-13-22-9-3-5-11-25(22)26/h2-5,8-11,23,26H,1,6-7,12-20H2. The summed E-state index contributed by atoms with van der Waals surface area (Å²) in [6, 6.07) is 19.3. The fraction of sp³-hybridized carbons (Fsp3) is 0.538. The summed E-state index contributed by atoms with van der Waals surface area (Å²) in [6.45, 7) is 6.40. The smallest absolute Gasteiger partial charge is 0.0222 e. The fourth-order valence-electron chi connectivity index (χ4n) is 5.85. The molecule has 0 bridgehead atoms. The molecule has 2 heterocycles. The Morgan fingerprint density at radius 2 is 1.25 bits per heavy atom. The molecule has 5 rings (SSSR count). The lowest BCUT2D eigenvalue weighted by Crippen LogP contribution is -2.47. The maximum atomic E-state index is 2.79. The molecule has 2 nitrogen and oxygen atoms in total. The minimum absolute atomic E-state index is 0.529. The lowest BCUT2D eigenvalue weighted by molar-refractivity contribution is 0.0912. The van der Waals surface area contributed by atoms with Crippen LogP contribution in [0.3, 0.4) is 0 Å². The van der Waals surface area contributed by atoms with E-state index < -0.39 is 0 Å². The molecule has 0 aromatic heterocycles. The number of fused-ring (bicyclic) bond motifs is 2. The number of rotatable bonds is 3. The highest BCUT2D eigenvalue weighted by Gasteiger charge is 2.29. The Morgan fingerprint density at radius 3 is 1.86 bits per heavy atom. The molecule has 2 saturated heterocycles. The molecular formula is C26H34N2. The van der Waals surface area contributed by atoms with Crippen molar-refractivity contribution in [3.05, 3.63) is 70.8 Å². The highest BCUT2D eigenvalue weighted by Crippen LogP contribution is 2.35. The van der Waals surface area contributed by atoms with Gasteiger partial charge in [-0.25, -0.2) is 0 Å². The van der Waals surface area contributed by atoms with Gasteiger partial charge in [0, 0.05) is 18.5 Å². The molecule has 2 aromatic carbocycles. The molecule has 28 heavy (non-hydrogen) atoms. The van der Waals surface area contributed by atoms with E-state index in [1.807, 2.05) is 0 Å². The zero-order chi connectivity index (χ0) is 18.8. The van der Waals surface area contributed by atoms with Gasteiger partial charge < -0.3 is 9.80 Å². The molecule has 2 heteroatoms. The van der Waals surface area contributed by atoms with Crippen LogP contribution >= 0.6 is 0 Å². The van der Waals surface area contributed by atoms with Gasteiger partial charge in [-0.2, -0.15) is 0 Å². The maximum Gasteiger partial charge on any atom is 0.0222 e. The molecule has 3 aliphatic rings. The Kier molecular flexibility index (Phi) is 5.51. The fourth-order valence-corrected chi connectivity index (χ4v) is 5.85. The van der Waals surface area contributed by atoms with Gasteiger partial charge in [0.25, 0.3) is 0 Å². The van der Waals surface area contributed by atoms with E-state index in [2.05, 4.69) is 58.3 Å². The number of hydrogen-bond acceptors (Lipinski definition) is 2. The van der Waals surface area contributed by atoms with Crippen molar-refractivity contribution in [1.82, 2.24) is 9.80 Å². The lowest BCUT2D eigenvalue weighted by atomic mass is 9.87. The summed E-state index contributed by atoms with van der Waals surface area (Å²) in [6.07, 6.45) is 9.34. The largest absolute Gasteiger partial charge is 0.302 e. The van der Waals surface area contributed by atoms with Crippen LogP contribution in [0.15, 0.2) is 48.5 Å². The van der Waals surface area contributed by atoms with Crippen LogP contribution in [0.4, 0.5) is 0 Å². The average molecular weight is 375 g/mol. The second-order valence-electron chi connectivity index (χ2n) is 9.08. The summed E-state index contributed by atoms with van der Waals surface area (Å²) in [5.74, 6) is 0.529. The molecule has 2 aliphatic heterocycles. The summed E-state index contributed by atoms with van der Waals surface area (Å²) < 4.78 is 0. The molecule has 0 atom stereocenters. The monoisotopic (exact) mass is 374 g/mol.